The minimum absolute atomic E-state index is 0.951. The van der Waals surface area contributed by atoms with Crippen LogP contribution in [0, 0.1) is 6.92 Å². The second-order valence-electron chi connectivity index (χ2n) is 4.33. The van der Waals surface area contributed by atoms with Crippen molar-refractivity contribution < 1.29 is 0 Å². The molecule has 0 radical (unpaired) electrons. The van der Waals surface area contributed by atoms with Crippen LogP contribution in [0.25, 0.3) is 0 Å². The van der Waals surface area contributed by atoms with Crippen molar-refractivity contribution in [3.05, 3.63) is 11.8 Å². The molecule has 1 fully saturated rings. The molecule has 1 aromatic rings. The van der Waals surface area contributed by atoms with Crippen LogP contribution in [0.1, 0.15) is 19.5 Å². The molecule has 2 rings (SSSR count). The van der Waals surface area contributed by atoms with E-state index in [-0.39, 0.29) is 0 Å². The number of hydrogen-bond acceptors (Lipinski definition) is 5. The maximum atomic E-state index is 4.27. The van der Waals surface area contributed by atoms with Crippen LogP contribution < -0.4 is 15.1 Å². The first-order valence-corrected chi connectivity index (χ1v) is 6.66. The Morgan fingerprint density at radius 2 is 1.78 bits per heavy atom. The summed E-state index contributed by atoms with van der Waals surface area (Å²) in [4.78, 5) is 4.39. The zero-order chi connectivity index (χ0) is 13.5. The quantitative estimate of drug-likeness (QED) is 0.858. The van der Waals surface area contributed by atoms with Crippen molar-refractivity contribution in [1.29, 1.82) is 0 Å². The molecule has 0 unspecified atom stereocenters. The molecular formula is C13H25N5. The fourth-order valence-corrected chi connectivity index (χ4v) is 1.93. The fourth-order valence-electron chi connectivity index (χ4n) is 1.93. The van der Waals surface area contributed by atoms with Gasteiger partial charge in [-0.3, -0.25) is 0 Å². The fraction of sp³-hybridized carbons (Fsp3) is 0.692. The maximum absolute atomic E-state index is 4.27. The number of hydrogen-bond donors (Lipinski definition) is 1. The lowest BCUT2D eigenvalue weighted by Gasteiger charge is -2.31. The van der Waals surface area contributed by atoms with E-state index in [4.69, 9.17) is 0 Å². The van der Waals surface area contributed by atoms with E-state index in [0.717, 1.165) is 37.7 Å². The summed E-state index contributed by atoms with van der Waals surface area (Å²) in [7, 11) is 4.01. The number of nitrogens with one attached hydrogen (secondary N) is 1. The molecule has 102 valence electrons. The van der Waals surface area contributed by atoms with Crippen molar-refractivity contribution in [2.45, 2.75) is 20.8 Å². The zero-order valence-corrected chi connectivity index (χ0v) is 12.2. The standard InChI is InChI=1S/C11H19N5.C2H6/c1-9-8-10(11(14-13-9)15(2)3)16-6-4-12-5-7-16;1-2/h8,12H,4-7H2,1-3H3;1-2H3. The number of aromatic nitrogens is 2. The number of piperazine rings is 1. The first-order chi connectivity index (χ1) is 8.68. The number of rotatable bonds is 2. The molecule has 1 aliphatic rings. The van der Waals surface area contributed by atoms with E-state index in [1.807, 2.05) is 39.8 Å². The van der Waals surface area contributed by atoms with Crippen LogP contribution in [0.3, 0.4) is 0 Å². The summed E-state index contributed by atoms with van der Waals surface area (Å²) in [5, 5.41) is 11.7. The molecule has 1 N–H and O–H groups in total. The lowest BCUT2D eigenvalue weighted by molar-refractivity contribution is 0.588. The van der Waals surface area contributed by atoms with E-state index in [2.05, 4.69) is 26.5 Å². The van der Waals surface area contributed by atoms with Crippen molar-refractivity contribution in [2.75, 3.05) is 50.1 Å². The monoisotopic (exact) mass is 251 g/mol. The molecule has 2 heterocycles. The van der Waals surface area contributed by atoms with Gasteiger partial charge in [-0.2, -0.15) is 5.10 Å². The molecule has 1 saturated heterocycles. The van der Waals surface area contributed by atoms with Crippen LogP contribution in [0.5, 0.6) is 0 Å². The van der Waals surface area contributed by atoms with Gasteiger partial charge in [-0.05, 0) is 13.0 Å². The van der Waals surface area contributed by atoms with Crippen LogP contribution in [-0.4, -0.2) is 50.5 Å². The van der Waals surface area contributed by atoms with Crippen LogP contribution in [0.15, 0.2) is 6.07 Å². The second kappa shape index (κ2) is 7.16. The van der Waals surface area contributed by atoms with Gasteiger partial charge in [0.1, 0.15) is 0 Å². The minimum Gasteiger partial charge on any atom is -0.366 e. The Hall–Kier alpha value is -1.36. The lowest BCUT2D eigenvalue weighted by atomic mass is 10.2. The van der Waals surface area contributed by atoms with E-state index < -0.39 is 0 Å². The lowest BCUT2D eigenvalue weighted by Crippen LogP contribution is -2.44. The van der Waals surface area contributed by atoms with E-state index in [0.29, 0.717) is 0 Å². The SMILES string of the molecule is CC.Cc1cc(N2CCNCC2)c(N(C)C)nn1. The third kappa shape index (κ3) is 3.57. The molecule has 1 aliphatic heterocycles. The van der Waals surface area contributed by atoms with E-state index in [1.165, 1.54) is 5.69 Å². The first-order valence-electron chi connectivity index (χ1n) is 6.66. The highest BCUT2D eigenvalue weighted by molar-refractivity contribution is 5.66. The van der Waals surface area contributed by atoms with Gasteiger partial charge in [0.25, 0.3) is 0 Å². The van der Waals surface area contributed by atoms with Gasteiger partial charge in [-0.25, -0.2) is 0 Å². The Morgan fingerprint density at radius 3 is 2.33 bits per heavy atom. The predicted octanol–water partition coefficient (Wildman–Crippen LogP) is 1.29. The van der Waals surface area contributed by atoms with Gasteiger partial charge in [0.05, 0.1) is 11.4 Å². The highest BCUT2D eigenvalue weighted by Crippen LogP contribution is 2.25. The minimum atomic E-state index is 0.951. The van der Waals surface area contributed by atoms with Crippen LogP contribution in [0.2, 0.25) is 0 Å². The molecule has 0 atom stereocenters. The maximum Gasteiger partial charge on any atom is 0.174 e. The summed E-state index contributed by atoms with van der Waals surface area (Å²) in [6.45, 7) is 10.1. The molecule has 18 heavy (non-hydrogen) atoms. The van der Waals surface area contributed by atoms with Crippen molar-refractivity contribution >= 4 is 11.5 Å². The van der Waals surface area contributed by atoms with E-state index in [9.17, 15) is 0 Å². The smallest absolute Gasteiger partial charge is 0.174 e. The average molecular weight is 251 g/mol. The van der Waals surface area contributed by atoms with E-state index >= 15 is 0 Å². The van der Waals surface area contributed by atoms with Gasteiger partial charge in [0.2, 0.25) is 0 Å². The molecule has 5 nitrogen and oxygen atoms in total. The van der Waals surface area contributed by atoms with Crippen LogP contribution in [-0.2, 0) is 0 Å². The Morgan fingerprint density at radius 1 is 1.17 bits per heavy atom. The van der Waals surface area contributed by atoms with Crippen LogP contribution in [0.4, 0.5) is 11.5 Å². The van der Waals surface area contributed by atoms with Crippen molar-refractivity contribution in [3.8, 4) is 0 Å². The molecule has 0 amide bonds. The topological polar surface area (TPSA) is 44.3 Å². The molecule has 0 aliphatic carbocycles. The number of anilines is 2. The van der Waals surface area contributed by atoms with E-state index in [1.54, 1.807) is 0 Å². The van der Waals surface area contributed by atoms with Gasteiger partial charge in [0.15, 0.2) is 5.82 Å². The number of nitrogens with zero attached hydrogens (tertiary/aromatic N) is 4. The summed E-state index contributed by atoms with van der Waals surface area (Å²) in [6.07, 6.45) is 0. The normalized spacial score (nSPS) is 14.8. The summed E-state index contributed by atoms with van der Waals surface area (Å²) >= 11 is 0. The van der Waals surface area contributed by atoms with Gasteiger partial charge >= 0.3 is 0 Å². The largest absolute Gasteiger partial charge is 0.366 e. The molecule has 0 aromatic carbocycles. The Kier molecular flexibility index (Phi) is 5.85. The van der Waals surface area contributed by atoms with Crippen LogP contribution >= 0.6 is 0 Å². The molecule has 5 heteroatoms. The first kappa shape index (κ1) is 14.7. The zero-order valence-electron chi connectivity index (χ0n) is 12.2. The summed E-state index contributed by atoms with van der Waals surface area (Å²) in [5.74, 6) is 0.951. The Balaban J connectivity index is 0.000000771. The molecular weight excluding hydrogens is 226 g/mol. The Bertz CT molecular complexity index is 358. The highest BCUT2D eigenvalue weighted by atomic mass is 15.3. The van der Waals surface area contributed by atoms with Gasteiger partial charge < -0.3 is 15.1 Å². The average Bonchev–Trinajstić information content (AvgIpc) is 2.41. The summed E-state index contributed by atoms with van der Waals surface area (Å²) < 4.78 is 0. The van der Waals surface area contributed by atoms with Gasteiger partial charge in [-0.15, -0.1) is 5.10 Å². The molecule has 0 saturated carbocycles. The predicted molar refractivity (Wildman–Crippen MR) is 77.5 cm³/mol. The number of aryl methyl sites for hydroxylation is 1. The third-order valence-electron chi connectivity index (χ3n) is 2.76. The van der Waals surface area contributed by atoms with Crippen molar-refractivity contribution in [3.63, 3.8) is 0 Å². The molecule has 1 aromatic heterocycles. The summed E-state index contributed by atoms with van der Waals surface area (Å²) in [5.41, 5.74) is 2.16. The molecule has 0 spiro atoms. The van der Waals surface area contributed by atoms with Gasteiger partial charge in [-0.1, -0.05) is 13.8 Å². The van der Waals surface area contributed by atoms with Crippen molar-refractivity contribution in [2.24, 2.45) is 0 Å². The third-order valence-corrected chi connectivity index (χ3v) is 2.76. The highest BCUT2D eigenvalue weighted by Gasteiger charge is 2.16. The summed E-state index contributed by atoms with van der Waals surface area (Å²) in [6, 6.07) is 2.12. The molecule has 0 bridgehead atoms. The Labute approximate surface area is 110 Å². The second-order valence-corrected chi connectivity index (χ2v) is 4.33. The van der Waals surface area contributed by atoms with Crippen molar-refractivity contribution in [1.82, 2.24) is 15.5 Å². The van der Waals surface area contributed by atoms with Gasteiger partial charge in [0, 0.05) is 40.3 Å².